The highest BCUT2D eigenvalue weighted by Crippen LogP contribution is 2.32. The lowest BCUT2D eigenvalue weighted by Crippen LogP contribution is -2.30. The Kier molecular flexibility index (Phi) is 7.85. The third-order valence-electron chi connectivity index (χ3n) is 3.25. The van der Waals surface area contributed by atoms with Crippen molar-refractivity contribution >= 4 is 55.8 Å². The van der Waals surface area contributed by atoms with Crippen molar-refractivity contribution in [3.05, 3.63) is 55.3 Å². The number of aliphatic hydroxyl groups is 2. The maximum Gasteiger partial charge on any atom is 0.277 e. The highest BCUT2D eigenvalue weighted by molar-refractivity contribution is 14.1. The van der Waals surface area contributed by atoms with Crippen LogP contribution in [0.3, 0.4) is 0 Å². The molecule has 6 nitrogen and oxygen atoms in total. The summed E-state index contributed by atoms with van der Waals surface area (Å²) in [7, 11) is 0. The monoisotopic (exact) mass is 560 g/mol. The van der Waals surface area contributed by atoms with Crippen molar-refractivity contribution in [2.75, 3.05) is 18.5 Å². The smallest absolute Gasteiger partial charge is 0.277 e. The number of amides is 1. The molecule has 0 aliphatic heterocycles. The van der Waals surface area contributed by atoms with Crippen LogP contribution in [0.5, 0.6) is 0 Å². The SMILES string of the molecule is O=C(NOC[C@H](O)CO)c1cc(Br)c(F)c(F)c1Nc1ccc(I)cc1F. The third kappa shape index (κ3) is 5.54. The summed E-state index contributed by atoms with van der Waals surface area (Å²) in [5.74, 6) is -4.37. The van der Waals surface area contributed by atoms with Crippen molar-refractivity contribution < 1.29 is 33.0 Å². The number of rotatable bonds is 7. The van der Waals surface area contributed by atoms with E-state index >= 15 is 0 Å². The zero-order valence-corrected chi connectivity index (χ0v) is 17.1. The fourth-order valence-corrected chi connectivity index (χ4v) is 2.79. The molecule has 0 fully saturated rings. The molecule has 0 spiro atoms. The van der Waals surface area contributed by atoms with Gasteiger partial charge >= 0.3 is 0 Å². The number of anilines is 2. The zero-order valence-electron chi connectivity index (χ0n) is 13.4. The van der Waals surface area contributed by atoms with Gasteiger partial charge in [-0.25, -0.2) is 18.7 Å². The molecule has 0 unspecified atom stereocenters. The van der Waals surface area contributed by atoms with E-state index < -0.39 is 48.4 Å². The molecule has 0 aliphatic rings. The highest BCUT2D eigenvalue weighted by Gasteiger charge is 2.23. The molecule has 2 rings (SSSR count). The van der Waals surface area contributed by atoms with Crippen LogP contribution in [0.4, 0.5) is 24.5 Å². The van der Waals surface area contributed by atoms with Crippen LogP contribution in [0.1, 0.15) is 10.4 Å². The Bertz CT molecular complexity index is 857. The zero-order chi connectivity index (χ0) is 20.1. The summed E-state index contributed by atoms with van der Waals surface area (Å²) in [6.07, 6.45) is -1.24. The van der Waals surface area contributed by atoms with Gasteiger partial charge < -0.3 is 15.5 Å². The van der Waals surface area contributed by atoms with Crippen molar-refractivity contribution in [3.63, 3.8) is 0 Å². The molecule has 0 bridgehead atoms. The Morgan fingerprint density at radius 3 is 2.59 bits per heavy atom. The van der Waals surface area contributed by atoms with E-state index in [0.717, 1.165) is 6.07 Å². The van der Waals surface area contributed by atoms with Gasteiger partial charge in [0, 0.05) is 3.57 Å². The molecular weight excluding hydrogens is 548 g/mol. The molecule has 0 aliphatic carbocycles. The topological polar surface area (TPSA) is 90.8 Å². The van der Waals surface area contributed by atoms with Gasteiger partial charge in [-0.15, -0.1) is 0 Å². The maximum atomic E-state index is 14.4. The van der Waals surface area contributed by atoms with E-state index in [2.05, 4.69) is 21.2 Å². The normalized spacial score (nSPS) is 12.0. The summed E-state index contributed by atoms with van der Waals surface area (Å²) >= 11 is 4.68. The predicted molar refractivity (Wildman–Crippen MR) is 103 cm³/mol. The molecule has 1 atom stereocenters. The number of hydrogen-bond donors (Lipinski definition) is 4. The van der Waals surface area contributed by atoms with E-state index in [4.69, 9.17) is 9.94 Å². The number of nitrogens with one attached hydrogen (secondary N) is 2. The Balaban J connectivity index is 2.34. The van der Waals surface area contributed by atoms with E-state index in [1.165, 1.54) is 18.2 Å². The Hall–Kier alpha value is -1.41. The number of carbonyl (C=O) groups excluding carboxylic acids is 1. The standard InChI is InChI=1S/C16H13BrF3IN2O4/c17-10-4-9(16(26)23-27-6-8(25)5-24)15(14(20)13(10)19)22-12-2-1-7(21)3-11(12)18/h1-4,8,22,24-25H,5-6H2,(H,23,26)/t8-/m1/s1. The first-order chi connectivity index (χ1) is 12.7. The van der Waals surface area contributed by atoms with Crippen molar-refractivity contribution in [1.29, 1.82) is 0 Å². The third-order valence-corrected chi connectivity index (χ3v) is 4.50. The minimum atomic E-state index is -1.40. The van der Waals surface area contributed by atoms with Crippen molar-refractivity contribution in [3.8, 4) is 0 Å². The van der Waals surface area contributed by atoms with Crippen LogP contribution in [0, 0.1) is 21.0 Å². The van der Waals surface area contributed by atoms with Gasteiger partial charge in [-0.3, -0.25) is 9.63 Å². The molecule has 0 radical (unpaired) electrons. The molecule has 4 N–H and O–H groups in total. The van der Waals surface area contributed by atoms with Crippen molar-refractivity contribution in [2.45, 2.75) is 6.10 Å². The van der Waals surface area contributed by atoms with E-state index in [0.29, 0.717) is 3.57 Å². The quantitative estimate of drug-likeness (QED) is 0.237. The van der Waals surface area contributed by atoms with Crippen LogP contribution in [0.2, 0.25) is 0 Å². The molecule has 1 amide bonds. The molecule has 2 aromatic carbocycles. The van der Waals surface area contributed by atoms with Crippen LogP contribution in [-0.4, -0.2) is 35.4 Å². The van der Waals surface area contributed by atoms with Gasteiger partial charge in [0.25, 0.3) is 5.91 Å². The first-order valence-electron chi connectivity index (χ1n) is 7.35. The second-order valence-corrected chi connectivity index (χ2v) is 7.34. The lowest BCUT2D eigenvalue weighted by atomic mass is 10.1. The van der Waals surface area contributed by atoms with Crippen LogP contribution >= 0.6 is 38.5 Å². The summed E-state index contributed by atoms with van der Waals surface area (Å²) in [6.45, 7) is -1.02. The van der Waals surface area contributed by atoms with Crippen LogP contribution in [0.25, 0.3) is 0 Å². The van der Waals surface area contributed by atoms with Gasteiger partial charge in [-0.2, -0.15) is 0 Å². The van der Waals surface area contributed by atoms with Gasteiger partial charge in [0.1, 0.15) is 18.5 Å². The minimum Gasteiger partial charge on any atom is -0.394 e. The second-order valence-electron chi connectivity index (χ2n) is 5.24. The first kappa shape index (κ1) is 21.9. The molecule has 11 heteroatoms. The average Bonchev–Trinajstić information content (AvgIpc) is 2.63. The number of halogens is 5. The minimum absolute atomic E-state index is 0.165. The summed E-state index contributed by atoms with van der Waals surface area (Å²) in [5, 5.41) is 20.2. The van der Waals surface area contributed by atoms with Crippen LogP contribution in [-0.2, 0) is 4.84 Å². The molecular formula is C16H13BrF3IN2O4. The van der Waals surface area contributed by atoms with E-state index in [1.807, 2.05) is 28.1 Å². The fourth-order valence-electron chi connectivity index (χ4n) is 1.93. The Morgan fingerprint density at radius 2 is 1.96 bits per heavy atom. The molecule has 0 aromatic heterocycles. The largest absolute Gasteiger partial charge is 0.394 e. The number of benzene rings is 2. The molecule has 0 saturated carbocycles. The predicted octanol–water partition coefficient (Wildman–Crippen LogP) is 3.23. The van der Waals surface area contributed by atoms with Gasteiger partial charge in [0.2, 0.25) is 0 Å². The van der Waals surface area contributed by atoms with Crippen molar-refractivity contribution in [2.24, 2.45) is 0 Å². The second kappa shape index (κ2) is 9.68. The van der Waals surface area contributed by atoms with Gasteiger partial charge in [-0.05, 0) is 62.8 Å². The summed E-state index contributed by atoms with van der Waals surface area (Å²) in [6, 6.07) is 5.02. The number of aliphatic hydroxyl groups excluding tert-OH is 2. The van der Waals surface area contributed by atoms with E-state index in [1.54, 1.807) is 0 Å². The fraction of sp³-hybridized carbons (Fsp3) is 0.188. The van der Waals surface area contributed by atoms with E-state index in [9.17, 15) is 23.1 Å². The number of hydrogen-bond acceptors (Lipinski definition) is 5. The van der Waals surface area contributed by atoms with E-state index in [-0.39, 0.29) is 15.7 Å². The lowest BCUT2D eigenvalue weighted by molar-refractivity contribution is -0.0295. The van der Waals surface area contributed by atoms with Crippen LogP contribution in [0.15, 0.2) is 28.7 Å². The Labute approximate surface area is 173 Å². The summed E-state index contributed by atoms with van der Waals surface area (Å²) in [5.41, 5.74) is 0.793. The molecule has 0 heterocycles. The lowest BCUT2D eigenvalue weighted by Gasteiger charge is -2.16. The Morgan fingerprint density at radius 1 is 1.26 bits per heavy atom. The molecule has 2 aromatic rings. The van der Waals surface area contributed by atoms with Crippen molar-refractivity contribution in [1.82, 2.24) is 5.48 Å². The molecule has 27 heavy (non-hydrogen) atoms. The number of carbonyl (C=O) groups is 1. The maximum absolute atomic E-state index is 14.4. The van der Waals surface area contributed by atoms with Crippen LogP contribution < -0.4 is 10.8 Å². The van der Waals surface area contributed by atoms with Gasteiger partial charge in [0.05, 0.1) is 28.0 Å². The summed E-state index contributed by atoms with van der Waals surface area (Å²) < 4.78 is 42.6. The highest BCUT2D eigenvalue weighted by atomic mass is 127. The average molecular weight is 561 g/mol. The molecule has 146 valence electrons. The van der Waals surface area contributed by atoms with Gasteiger partial charge in [0.15, 0.2) is 11.6 Å². The first-order valence-corrected chi connectivity index (χ1v) is 9.22. The molecule has 0 saturated heterocycles. The summed E-state index contributed by atoms with van der Waals surface area (Å²) in [4.78, 5) is 17.0. The number of hydroxylamine groups is 1. The van der Waals surface area contributed by atoms with Gasteiger partial charge in [-0.1, -0.05) is 0 Å².